The van der Waals surface area contributed by atoms with Crippen LogP contribution >= 0.6 is 0 Å². The number of aliphatic imine (C=N–C) groups is 1. The highest BCUT2D eigenvalue weighted by molar-refractivity contribution is 5.95. The van der Waals surface area contributed by atoms with Gasteiger partial charge in [-0.05, 0) is 41.8 Å². The average molecular weight is 684 g/mol. The van der Waals surface area contributed by atoms with Gasteiger partial charge in [-0.15, -0.1) is 0 Å². The van der Waals surface area contributed by atoms with Gasteiger partial charge < -0.3 is 48.6 Å². The molecule has 15 heteroatoms. The van der Waals surface area contributed by atoms with E-state index in [1.54, 1.807) is 42.6 Å². The number of nitrogens with one attached hydrogen (secondary N) is 5. The molecule has 15 nitrogen and oxygen atoms in total. The zero-order valence-electron chi connectivity index (χ0n) is 27.4. The second-order valence-corrected chi connectivity index (χ2v) is 11.7. The fourth-order valence-corrected chi connectivity index (χ4v) is 5.25. The summed E-state index contributed by atoms with van der Waals surface area (Å²) in [6.45, 7) is 0.896. The van der Waals surface area contributed by atoms with Gasteiger partial charge in [0.15, 0.2) is 5.96 Å². The average Bonchev–Trinajstić information content (AvgIpc) is 3.50. The van der Waals surface area contributed by atoms with Gasteiger partial charge in [0.05, 0.1) is 6.54 Å². The van der Waals surface area contributed by atoms with Crippen molar-refractivity contribution in [3.63, 3.8) is 0 Å². The number of fused-ring (bicyclic) bond motifs is 1. The van der Waals surface area contributed by atoms with Crippen LogP contribution in [0.4, 0.5) is 0 Å². The minimum Gasteiger partial charge on any atom is -0.508 e. The van der Waals surface area contributed by atoms with Crippen molar-refractivity contribution in [2.75, 3.05) is 6.54 Å². The second kappa shape index (κ2) is 17.1. The molecule has 0 saturated carbocycles. The molecular formula is C35H41N9O6. The number of nitrogens with zero attached hydrogens (tertiary/aromatic N) is 1. The van der Waals surface area contributed by atoms with E-state index in [0.29, 0.717) is 5.56 Å². The molecule has 0 saturated heterocycles. The topological polar surface area (TPSA) is 260 Å². The van der Waals surface area contributed by atoms with Gasteiger partial charge in [-0.1, -0.05) is 60.7 Å². The summed E-state index contributed by atoms with van der Waals surface area (Å²) in [5, 5.41) is 20.7. The summed E-state index contributed by atoms with van der Waals surface area (Å²) in [7, 11) is 0. The molecule has 0 fully saturated rings. The summed E-state index contributed by atoms with van der Waals surface area (Å²) < 4.78 is 0. The minimum atomic E-state index is -1.14. The number of aromatic nitrogens is 1. The monoisotopic (exact) mass is 683 g/mol. The summed E-state index contributed by atoms with van der Waals surface area (Å²) >= 11 is 0. The molecule has 4 atom stereocenters. The number of aromatic amines is 1. The molecule has 0 aliphatic heterocycles. The van der Waals surface area contributed by atoms with Crippen LogP contribution in [0.2, 0.25) is 0 Å². The molecule has 1 aromatic heterocycles. The molecule has 12 N–H and O–H groups in total. The number of aromatic hydroxyl groups is 1. The fraction of sp³-hybridized carbons (Fsp3) is 0.257. The number of benzene rings is 3. The van der Waals surface area contributed by atoms with E-state index in [1.165, 1.54) is 19.1 Å². The van der Waals surface area contributed by atoms with E-state index in [1.807, 2.05) is 30.3 Å². The number of hydrogen-bond acceptors (Lipinski definition) is 7. The molecular weight excluding hydrogens is 642 g/mol. The van der Waals surface area contributed by atoms with Crippen molar-refractivity contribution in [3.8, 4) is 5.75 Å². The number of nitrogens with two attached hydrogens (primary N) is 3. The highest BCUT2D eigenvalue weighted by atomic mass is 16.3. The van der Waals surface area contributed by atoms with Crippen LogP contribution in [0.25, 0.3) is 10.9 Å². The number of hydrogen-bond donors (Lipinski definition) is 9. The number of para-hydroxylation sites is 1. The van der Waals surface area contributed by atoms with Gasteiger partial charge in [-0.3, -0.25) is 24.0 Å². The van der Waals surface area contributed by atoms with Crippen LogP contribution in [0, 0.1) is 0 Å². The number of carbonyl (C=O) groups is 5. The molecule has 262 valence electrons. The van der Waals surface area contributed by atoms with Crippen LogP contribution in [-0.4, -0.2) is 76.3 Å². The number of amides is 5. The molecule has 5 amide bonds. The normalized spacial score (nSPS) is 13.2. The predicted octanol–water partition coefficient (Wildman–Crippen LogP) is -0.381. The number of guanidine groups is 1. The Balaban J connectivity index is 1.40. The number of H-pyrrole nitrogens is 1. The van der Waals surface area contributed by atoms with Gasteiger partial charge >= 0.3 is 0 Å². The number of phenolic OH excluding ortho intramolecular Hbond substituents is 1. The maximum absolute atomic E-state index is 13.6. The first-order chi connectivity index (χ1) is 23.9. The van der Waals surface area contributed by atoms with Gasteiger partial charge in [-0.25, -0.2) is 4.99 Å². The lowest BCUT2D eigenvalue weighted by molar-refractivity contribution is -0.132. The Morgan fingerprint density at radius 3 is 2.08 bits per heavy atom. The Kier molecular flexibility index (Phi) is 12.5. The van der Waals surface area contributed by atoms with E-state index in [9.17, 15) is 29.1 Å². The van der Waals surface area contributed by atoms with E-state index in [-0.39, 0.29) is 31.0 Å². The standard InChI is InChI=1S/C35H41N9O6/c1-20(41-33(49)28(44-35(37)38)16-22-11-13-24(45)14-12-22)32(48)40-19-30(46)42-29(17-23-18-39-26-10-6-5-9-25(23)26)34(50)43-27(31(36)47)15-21-7-3-2-4-8-21/h2-14,18,20,27-29,39,45H,15-17,19H2,1H3,(H2,36,47)(H,40,48)(H,41,49)(H,42,46)(H,43,50)(H4,37,38,44)/t20-,27+,28+,29+/m1/s1. The van der Waals surface area contributed by atoms with Crippen molar-refractivity contribution < 1.29 is 29.1 Å². The van der Waals surface area contributed by atoms with Crippen LogP contribution in [-0.2, 0) is 43.2 Å². The van der Waals surface area contributed by atoms with Crippen LogP contribution in [0.15, 0.2) is 90.1 Å². The Hall–Kier alpha value is -6.38. The lowest BCUT2D eigenvalue weighted by Crippen LogP contribution is -2.56. The smallest absolute Gasteiger partial charge is 0.245 e. The van der Waals surface area contributed by atoms with E-state index in [0.717, 1.165) is 22.0 Å². The molecule has 0 spiro atoms. The van der Waals surface area contributed by atoms with Crippen molar-refractivity contribution in [3.05, 3.63) is 102 Å². The number of primary amides is 1. The molecule has 0 unspecified atom stereocenters. The highest BCUT2D eigenvalue weighted by Crippen LogP contribution is 2.19. The number of carbonyl (C=O) groups excluding carboxylic acids is 5. The van der Waals surface area contributed by atoms with Gasteiger partial charge in [0.2, 0.25) is 29.5 Å². The molecule has 0 bridgehead atoms. The molecule has 4 rings (SSSR count). The molecule has 4 aromatic rings. The SMILES string of the molecule is C[C@@H](NC(=O)[C@H](Cc1ccc(O)cc1)N=C(N)N)C(=O)NCC(=O)N[C@@H](Cc1c[nH]c2ccccc12)C(=O)N[C@@H](Cc1ccccc1)C(N)=O. The van der Waals surface area contributed by atoms with Crippen LogP contribution in [0.5, 0.6) is 5.75 Å². The largest absolute Gasteiger partial charge is 0.508 e. The second-order valence-electron chi connectivity index (χ2n) is 11.7. The van der Waals surface area contributed by atoms with Crippen molar-refractivity contribution in [2.45, 2.75) is 50.4 Å². The number of phenols is 1. The molecule has 1 heterocycles. The van der Waals surface area contributed by atoms with Crippen molar-refractivity contribution >= 4 is 46.4 Å². The van der Waals surface area contributed by atoms with E-state index in [2.05, 4.69) is 31.2 Å². The lowest BCUT2D eigenvalue weighted by atomic mass is 10.0. The van der Waals surface area contributed by atoms with Crippen LogP contribution < -0.4 is 38.5 Å². The van der Waals surface area contributed by atoms with E-state index in [4.69, 9.17) is 17.2 Å². The third kappa shape index (κ3) is 10.6. The predicted molar refractivity (Wildman–Crippen MR) is 187 cm³/mol. The van der Waals surface area contributed by atoms with Crippen LogP contribution in [0.1, 0.15) is 23.6 Å². The van der Waals surface area contributed by atoms with Crippen molar-refractivity contribution in [1.82, 2.24) is 26.3 Å². The van der Waals surface area contributed by atoms with E-state index >= 15 is 0 Å². The summed E-state index contributed by atoms with van der Waals surface area (Å²) in [6, 6.07) is 18.3. The van der Waals surface area contributed by atoms with Crippen molar-refractivity contribution in [2.24, 2.45) is 22.2 Å². The quantitative estimate of drug-likeness (QED) is 0.0554. The summed E-state index contributed by atoms with van der Waals surface area (Å²) in [5.41, 5.74) is 19.7. The zero-order valence-corrected chi connectivity index (χ0v) is 27.4. The summed E-state index contributed by atoms with van der Waals surface area (Å²) in [4.78, 5) is 72.0. The molecule has 3 aromatic carbocycles. The van der Waals surface area contributed by atoms with E-state index < -0.39 is 60.2 Å². The minimum absolute atomic E-state index is 0.0498. The first-order valence-electron chi connectivity index (χ1n) is 15.8. The molecule has 0 aliphatic rings. The third-order valence-corrected chi connectivity index (χ3v) is 7.84. The Bertz CT molecular complexity index is 1840. The Morgan fingerprint density at radius 1 is 0.740 bits per heavy atom. The Labute approximate surface area is 288 Å². The van der Waals surface area contributed by atoms with Gasteiger partial charge in [0, 0.05) is 36.4 Å². The third-order valence-electron chi connectivity index (χ3n) is 7.84. The maximum Gasteiger partial charge on any atom is 0.245 e. The molecule has 0 aliphatic carbocycles. The Morgan fingerprint density at radius 2 is 1.40 bits per heavy atom. The number of rotatable bonds is 16. The lowest BCUT2D eigenvalue weighted by Gasteiger charge is -2.22. The fourth-order valence-electron chi connectivity index (χ4n) is 5.25. The van der Waals surface area contributed by atoms with Crippen molar-refractivity contribution in [1.29, 1.82) is 0 Å². The molecule has 0 radical (unpaired) electrons. The van der Waals surface area contributed by atoms with Gasteiger partial charge in [0.1, 0.15) is 29.9 Å². The summed E-state index contributed by atoms with van der Waals surface area (Å²) in [6.07, 6.45) is 2.03. The summed E-state index contributed by atoms with van der Waals surface area (Å²) in [5.74, 6) is -3.69. The first-order valence-corrected chi connectivity index (χ1v) is 15.8. The van der Waals surface area contributed by atoms with Crippen LogP contribution in [0.3, 0.4) is 0 Å². The molecule has 50 heavy (non-hydrogen) atoms. The first kappa shape index (κ1) is 36.5. The zero-order chi connectivity index (χ0) is 36.2. The van der Waals surface area contributed by atoms with Gasteiger partial charge in [-0.2, -0.15) is 0 Å². The maximum atomic E-state index is 13.6. The highest BCUT2D eigenvalue weighted by Gasteiger charge is 2.28. The van der Waals surface area contributed by atoms with Gasteiger partial charge in [0.25, 0.3) is 0 Å².